The number of hydrogen-bond acceptors (Lipinski definition) is 5. The van der Waals surface area contributed by atoms with Crippen molar-refractivity contribution in [1.82, 2.24) is 4.57 Å². The van der Waals surface area contributed by atoms with Crippen LogP contribution in [-0.4, -0.2) is 31.0 Å². The maximum Gasteiger partial charge on any atom is 0.338 e. The van der Waals surface area contributed by atoms with Crippen LogP contribution in [0.3, 0.4) is 0 Å². The molecule has 0 spiro atoms. The Kier molecular flexibility index (Phi) is 7.32. The normalized spacial score (nSPS) is 10.5. The third-order valence-electron chi connectivity index (χ3n) is 4.25. The SMILES string of the molecule is CCOC(=O)c1ccc(-n2cc(C#N)c(-c3cc(Br)c(OCOC)c(Br)c3)c2)cc1. The quantitative estimate of drug-likeness (QED) is 0.287. The van der Waals surface area contributed by atoms with E-state index in [1.165, 1.54) is 0 Å². The highest BCUT2D eigenvalue weighted by Gasteiger charge is 2.15. The molecule has 0 saturated heterocycles. The van der Waals surface area contributed by atoms with E-state index in [0.29, 0.717) is 23.5 Å². The maximum absolute atomic E-state index is 11.8. The van der Waals surface area contributed by atoms with Gasteiger partial charge in [0, 0.05) is 30.8 Å². The largest absolute Gasteiger partial charge is 0.465 e. The Labute approximate surface area is 191 Å². The highest BCUT2D eigenvalue weighted by atomic mass is 79.9. The molecule has 3 aromatic rings. The molecular formula is C22H18Br2N2O4. The van der Waals surface area contributed by atoms with Gasteiger partial charge in [0.15, 0.2) is 12.5 Å². The van der Waals surface area contributed by atoms with Crippen LogP contribution < -0.4 is 4.74 Å². The lowest BCUT2D eigenvalue weighted by Gasteiger charge is -2.11. The summed E-state index contributed by atoms with van der Waals surface area (Å²) < 4.78 is 18.9. The molecule has 1 aromatic heterocycles. The molecule has 0 aliphatic rings. The second kappa shape index (κ2) is 9.94. The van der Waals surface area contributed by atoms with Crippen LogP contribution in [0.15, 0.2) is 57.7 Å². The van der Waals surface area contributed by atoms with Crippen molar-refractivity contribution < 1.29 is 19.0 Å². The van der Waals surface area contributed by atoms with E-state index in [4.69, 9.17) is 14.2 Å². The number of benzene rings is 2. The van der Waals surface area contributed by atoms with Crippen molar-refractivity contribution in [1.29, 1.82) is 5.26 Å². The van der Waals surface area contributed by atoms with E-state index in [1.54, 1.807) is 32.4 Å². The van der Waals surface area contributed by atoms with Crippen LogP contribution in [-0.2, 0) is 9.47 Å². The molecule has 0 fully saturated rings. The molecule has 0 aliphatic heterocycles. The fourth-order valence-electron chi connectivity index (χ4n) is 2.88. The van der Waals surface area contributed by atoms with Gasteiger partial charge in [-0.15, -0.1) is 0 Å². The van der Waals surface area contributed by atoms with Gasteiger partial charge < -0.3 is 18.8 Å². The zero-order chi connectivity index (χ0) is 21.7. The zero-order valence-electron chi connectivity index (χ0n) is 16.3. The number of methoxy groups -OCH3 is 1. The minimum Gasteiger partial charge on any atom is -0.465 e. The number of aromatic nitrogens is 1. The van der Waals surface area contributed by atoms with E-state index < -0.39 is 0 Å². The Morgan fingerprint density at radius 2 is 1.80 bits per heavy atom. The van der Waals surface area contributed by atoms with Crippen molar-refractivity contribution in [2.45, 2.75) is 6.92 Å². The summed E-state index contributed by atoms with van der Waals surface area (Å²) in [5, 5.41) is 9.64. The second-order valence-electron chi connectivity index (χ2n) is 6.19. The number of nitriles is 1. The van der Waals surface area contributed by atoms with Crippen molar-refractivity contribution in [3.05, 3.63) is 68.9 Å². The van der Waals surface area contributed by atoms with E-state index in [1.807, 2.05) is 35.0 Å². The molecule has 0 atom stereocenters. The number of halogens is 2. The number of hydrogen-bond donors (Lipinski definition) is 0. The molecule has 30 heavy (non-hydrogen) atoms. The van der Waals surface area contributed by atoms with Gasteiger partial charge in [-0.2, -0.15) is 5.26 Å². The van der Waals surface area contributed by atoms with Gasteiger partial charge in [0.25, 0.3) is 0 Å². The van der Waals surface area contributed by atoms with Gasteiger partial charge >= 0.3 is 5.97 Å². The molecule has 2 aromatic carbocycles. The minimum absolute atomic E-state index is 0.123. The van der Waals surface area contributed by atoms with Crippen LogP contribution in [0.1, 0.15) is 22.8 Å². The fraction of sp³-hybridized carbons (Fsp3) is 0.182. The average Bonchev–Trinajstić information content (AvgIpc) is 3.18. The van der Waals surface area contributed by atoms with Crippen LogP contribution in [0.5, 0.6) is 5.75 Å². The molecule has 0 N–H and O–H groups in total. The van der Waals surface area contributed by atoms with Crippen molar-refractivity contribution in [3.63, 3.8) is 0 Å². The second-order valence-corrected chi connectivity index (χ2v) is 7.90. The monoisotopic (exact) mass is 532 g/mol. The van der Waals surface area contributed by atoms with E-state index in [-0.39, 0.29) is 12.8 Å². The molecule has 0 bridgehead atoms. The smallest absolute Gasteiger partial charge is 0.338 e. The summed E-state index contributed by atoms with van der Waals surface area (Å²) in [5.41, 5.74) is 3.44. The van der Waals surface area contributed by atoms with E-state index in [9.17, 15) is 10.1 Å². The summed E-state index contributed by atoms with van der Waals surface area (Å²) >= 11 is 7.03. The van der Waals surface area contributed by atoms with Crippen molar-refractivity contribution in [2.24, 2.45) is 0 Å². The molecule has 8 heteroatoms. The van der Waals surface area contributed by atoms with E-state index >= 15 is 0 Å². The summed E-state index contributed by atoms with van der Waals surface area (Å²) in [4.78, 5) is 11.8. The number of rotatable bonds is 7. The number of carbonyl (C=O) groups excluding carboxylic acids is 1. The molecule has 0 amide bonds. The van der Waals surface area contributed by atoms with Crippen LogP contribution in [0, 0.1) is 11.3 Å². The van der Waals surface area contributed by atoms with Crippen LogP contribution in [0.4, 0.5) is 0 Å². The number of ether oxygens (including phenoxy) is 3. The third-order valence-corrected chi connectivity index (χ3v) is 5.43. The van der Waals surface area contributed by atoms with Crippen LogP contribution in [0.25, 0.3) is 16.8 Å². The first-order chi connectivity index (χ1) is 14.5. The lowest BCUT2D eigenvalue weighted by atomic mass is 10.1. The topological polar surface area (TPSA) is 73.5 Å². The fourth-order valence-corrected chi connectivity index (χ4v) is 4.29. The summed E-state index contributed by atoms with van der Waals surface area (Å²) in [6, 6.07) is 13.0. The predicted molar refractivity (Wildman–Crippen MR) is 120 cm³/mol. The third kappa shape index (κ3) is 4.75. The summed E-state index contributed by atoms with van der Waals surface area (Å²) in [6.07, 6.45) is 3.63. The first-order valence-corrected chi connectivity index (χ1v) is 10.6. The lowest BCUT2D eigenvalue weighted by Crippen LogP contribution is -2.04. The summed E-state index contributed by atoms with van der Waals surface area (Å²) in [6.45, 7) is 2.22. The van der Waals surface area contributed by atoms with Gasteiger partial charge in [0.1, 0.15) is 6.07 Å². The number of carbonyl (C=O) groups is 1. The standard InChI is InChI=1S/C22H18Br2N2O4/c1-3-29-22(27)14-4-6-17(7-5-14)26-11-16(10-25)18(12-26)15-8-19(23)21(20(24)9-15)30-13-28-2/h4-9,11-12H,3,13H2,1-2H3. The molecule has 0 radical (unpaired) electrons. The lowest BCUT2D eigenvalue weighted by molar-refractivity contribution is 0.0500. The first-order valence-electron chi connectivity index (χ1n) is 8.99. The predicted octanol–water partition coefficient (Wildman–Crippen LogP) is 5.70. The molecule has 0 unspecified atom stereocenters. The highest BCUT2D eigenvalue weighted by Crippen LogP contribution is 2.39. The molecule has 0 aliphatic carbocycles. The van der Waals surface area contributed by atoms with Crippen molar-refractivity contribution in [3.8, 4) is 28.6 Å². The average molecular weight is 534 g/mol. The number of esters is 1. The van der Waals surface area contributed by atoms with Crippen LogP contribution in [0.2, 0.25) is 0 Å². The van der Waals surface area contributed by atoms with Crippen molar-refractivity contribution in [2.75, 3.05) is 20.5 Å². The van der Waals surface area contributed by atoms with Gasteiger partial charge in [0.2, 0.25) is 0 Å². The molecule has 3 rings (SSSR count). The van der Waals surface area contributed by atoms with Crippen molar-refractivity contribution >= 4 is 37.8 Å². The Balaban J connectivity index is 1.96. The minimum atomic E-state index is -0.361. The summed E-state index contributed by atoms with van der Waals surface area (Å²) in [5.74, 6) is 0.258. The molecule has 154 valence electrons. The molecule has 0 saturated carbocycles. The number of nitrogens with zero attached hydrogens (tertiary/aromatic N) is 2. The Morgan fingerprint density at radius 3 is 2.37 bits per heavy atom. The van der Waals surface area contributed by atoms with Gasteiger partial charge in [-0.3, -0.25) is 0 Å². The Hall–Kier alpha value is -2.60. The Morgan fingerprint density at radius 1 is 1.13 bits per heavy atom. The first kappa shape index (κ1) is 22.1. The maximum atomic E-state index is 11.8. The van der Waals surface area contributed by atoms with Gasteiger partial charge in [-0.05, 0) is 80.7 Å². The molecular weight excluding hydrogens is 516 g/mol. The van der Waals surface area contributed by atoms with E-state index in [0.717, 1.165) is 25.8 Å². The van der Waals surface area contributed by atoms with Gasteiger partial charge in [-0.25, -0.2) is 4.79 Å². The van der Waals surface area contributed by atoms with Gasteiger partial charge in [0.05, 0.1) is 26.7 Å². The van der Waals surface area contributed by atoms with Crippen LogP contribution >= 0.6 is 31.9 Å². The molecule has 1 heterocycles. The van der Waals surface area contributed by atoms with E-state index in [2.05, 4.69) is 37.9 Å². The molecule has 6 nitrogen and oxygen atoms in total. The highest BCUT2D eigenvalue weighted by molar-refractivity contribution is 9.11. The zero-order valence-corrected chi connectivity index (χ0v) is 19.5. The Bertz CT molecular complexity index is 1080. The van der Waals surface area contributed by atoms with Gasteiger partial charge in [-0.1, -0.05) is 0 Å². The summed E-state index contributed by atoms with van der Waals surface area (Å²) in [7, 11) is 1.55.